The number of hydrogen-bond acceptors (Lipinski definition) is 6. The van der Waals surface area contributed by atoms with Gasteiger partial charge in [0.15, 0.2) is 6.10 Å². The third kappa shape index (κ3) is 68.8. The second-order valence-electron chi connectivity index (χ2n) is 25.6. The SMILES string of the molecule is CCCCCCCCCC/C=C\CCCCCCCCCCCCCCCCCC(=O)OCC(COC(=O)CCCCCCCCCCCCC)OC(=O)CCCCCCCCCCCCCCCCCCCCCCCCCCC. The van der Waals surface area contributed by atoms with Gasteiger partial charge in [-0.2, -0.15) is 0 Å². The first-order valence-electron chi connectivity index (χ1n) is 37.2. The van der Waals surface area contributed by atoms with Crippen LogP contribution in [0.5, 0.6) is 0 Å². The molecule has 0 saturated heterocycles. The number of allylic oxidation sites excluding steroid dienone is 2. The van der Waals surface area contributed by atoms with E-state index in [0.717, 1.165) is 57.8 Å². The van der Waals surface area contributed by atoms with E-state index in [1.54, 1.807) is 0 Å². The fourth-order valence-corrected chi connectivity index (χ4v) is 11.7. The molecule has 0 aliphatic rings. The first kappa shape index (κ1) is 79.2. The van der Waals surface area contributed by atoms with E-state index in [4.69, 9.17) is 14.2 Å². The number of rotatable bonds is 70. The van der Waals surface area contributed by atoms with Gasteiger partial charge in [0.25, 0.3) is 0 Å². The zero-order valence-electron chi connectivity index (χ0n) is 55.4. The minimum Gasteiger partial charge on any atom is -0.462 e. The monoisotopic (exact) mass is 1140 g/mol. The third-order valence-electron chi connectivity index (χ3n) is 17.3. The molecule has 0 aromatic heterocycles. The largest absolute Gasteiger partial charge is 0.462 e. The minimum atomic E-state index is -0.765. The van der Waals surface area contributed by atoms with E-state index < -0.39 is 6.10 Å². The first-order valence-corrected chi connectivity index (χ1v) is 37.2. The molecular formula is C75H144O6. The van der Waals surface area contributed by atoms with E-state index in [9.17, 15) is 14.4 Å². The summed E-state index contributed by atoms with van der Waals surface area (Å²) in [6, 6.07) is 0. The number of carbonyl (C=O) groups excluding carboxylic acids is 3. The van der Waals surface area contributed by atoms with Gasteiger partial charge in [0, 0.05) is 19.3 Å². The minimum absolute atomic E-state index is 0.0624. The van der Waals surface area contributed by atoms with Crippen molar-refractivity contribution in [1.29, 1.82) is 0 Å². The van der Waals surface area contributed by atoms with E-state index in [-0.39, 0.29) is 31.1 Å². The highest BCUT2D eigenvalue weighted by molar-refractivity contribution is 5.71. The summed E-state index contributed by atoms with van der Waals surface area (Å²) in [4.78, 5) is 38.4. The Bertz CT molecular complexity index is 1260. The molecule has 1 unspecified atom stereocenters. The van der Waals surface area contributed by atoms with Gasteiger partial charge in [0.1, 0.15) is 13.2 Å². The Morgan fingerprint density at radius 2 is 0.407 bits per heavy atom. The second kappa shape index (κ2) is 70.6. The average Bonchev–Trinajstić information content (AvgIpc) is 3.47. The molecule has 1 atom stereocenters. The molecule has 0 spiro atoms. The van der Waals surface area contributed by atoms with Crippen LogP contribution in [0.1, 0.15) is 432 Å². The Kier molecular flexibility index (Phi) is 69.0. The summed E-state index contributed by atoms with van der Waals surface area (Å²) in [7, 11) is 0. The smallest absolute Gasteiger partial charge is 0.306 e. The van der Waals surface area contributed by atoms with Gasteiger partial charge in [-0.15, -0.1) is 0 Å². The number of hydrogen-bond donors (Lipinski definition) is 0. The topological polar surface area (TPSA) is 78.9 Å². The Balaban J connectivity index is 4.12. The normalized spacial score (nSPS) is 12.0. The van der Waals surface area contributed by atoms with Crippen LogP contribution in [0.3, 0.4) is 0 Å². The van der Waals surface area contributed by atoms with Gasteiger partial charge in [0.05, 0.1) is 0 Å². The van der Waals surface area contributed by atoms with Gasteiger partial charge in [-0.05, 0) is 44.9 Å². The third-order valence-corrected chi connectivity index (χ3v) is 17.3. The van der Waals surface area contributed by atoms with Crippen LogP contribution in [0.15, 0.2) is 12.2 Å². The highest BCUT2D eigenvalue weighted by Gasteiger charge is 2.20. The summed E-state index contributed by atoms with van der Waals surface area (Å²) < 4.78 is 17.0. The summed E-state index contributed by atoms with van der Waals surface area (Å²) in [6.45, 7) is 6.73. The summed E-state index contributed by atoms with van der Waals surface area (Å²) in [5.41, 5.74) is 0. The quantitative estimate of drug-likeness (QED) is 0.0261. The molecule has 0 saturated carbocycles. The highest BCUT2D eigenvalue weighted by atomic mass is 16.6. The van der Waals surface area contributed by atoms with Crippen molar-refractivity contribution in [3.8, 4) is 0 Å². The van der Waals surface area contributed by atoms with Crippen LogP contribution in [-0.4, -0.2) is 37.2 Å². The Morgan fingerprint density at radius 3 is 0.617 bits per heavy atom. The summed E-state index contributed by atoms with van der Waals surface area (Å²) in [6.07, 6.45) is 85.5. The molecule has 6 heteroatoms. The van der Waals surface area contributed by atoms with E-state index in [0.29, 0.717) is 19.3 Å². The lowest BCUT2D eigenvalue weighted by molar-refractivity contribution is -0.167. The van der Waals surface area contributed by atoms with E-state index >= 15 is 0 Å². The molecule has 0 bridgehead atoms. The molecule has 0 aromatic rings. The maximum atomic E-state index is 13.0. The van der Waals surface area contributed by atoms with Crippen molar-refractivity contribution < 1.29 is 28.6 Å². The Labute approximate surface area is 507 Å². The predicted molar refractivity (Wildman–Crippen MR) is 353 cm³/mol. The second-order valence-corrected chi connectivity index (χ2v) is 25.6. The van der Waals surface area contributed by atoms with Crippen LogP contribution >= 0.6 is 0 Å². The van der Waals surface area contributed by atoms with Crippen LogP contribution < -0.4 is 0 Å². The highest BCUT2D eigenvalue weighted by Crippen LogP contribution is 2.19. The summed E-state index contributed by atoms with van der Waals surface area (Å²) in [5, 5.41) is 0. The lowest BCUT2D eigenvalue weighted by atomic mass is 10.0. The lowest BCUT2D eigenvalue weighted by Gasteiger charge is -2.18. The van der Waals surface area contributed by atoms with Gasteiger partial charge >= 0.3 is 17.9 Å². The molecule has 0 radical (unpaired) electrons. The molecule has 0 aromatic carbocycles. The zero-order valence-corrected chi connectivity index (χ0v) is 55.4. The first-order chi connectivity index (χ1) is 40.0. The molecule has 6 nitrogen and oxygen atoms in total. The molecule has 0 aliphatic carbocycles. The zero-order chi connectivity index (χ0) is 58.5. The molecule has 0 fully saturated rings. The van der Waals surface area contributed by atoms with Gasteiger partial charge in [-0.1, -0.05) is 380 Å². The van der Waals surface area contributed by atoms with Gasteiger partial charge < -0.3 is 14.2 Å². The molecule has 480 valence electrons. The van der Waals surface area contributed by atoms with E-state index in [1.165, 1.54) is 334 Å². The van der Waals surface area contributed by atoms with Crippen molar-refractivity contribution in [2.75, 3.05) is 13.2 Å². The predicted octanol–water partition coefficient (Wildman–Crippen LogP) is 25.6. The van der Waals surface area contributed by atoms with Crippen LogP contribution in [0, 0.1) is 0 Å². The van der Waals surface area contributed by atoms with E-state index in [1.807, 2.05) is 0 Å². The van der Waals surface area contributed by atoms with Gasteiger partial charge in [0.2, 0.25) is 0 Å². The average molecular weight is 1140 g/mol. The van der Waals surface area contributed by atoms with Crippen LogP contribution in [0.4, 0.5) is 0 Å². The molecule has 0 N–H and O–H groups in total. The van der Waals surface area contributed by atoms with Gasteiger partial charge in [-0.25, -0.2) is 0 Å². The number of unbranched alkanes of at least 4 members (excludes halogenated alkanes) is 57. The van der Waals surface area contributed by atoms with Crippen molar-refractivity contribution in [3.63, 3.8) is 0 Å². The maximum Gasteiger partial charge on any atom is 0.306 e. The number of esters is 3. The van der Waals surface area contributed by atoms with Crippen molar-refractivity contribution in [3.05, 3.63) is 12.2 Å². The summed E-state index contributed by atoms with van der Waals surface area (Å²) in [5.74, 6) is -0.826. The molecule has 0 rings (SSSR count). The Morgan fingerprint density at radius 1 is 0.235 bits per heavy atom. The molecule has 0 amide bonds. The van der Waals surface area contributed by atoms with Crippen molar-refractivity contribution in [2.45, 2.75) is 438 Å². The van der Waals surface area contributed by atoms with Crippen LogP contribution in [-0.2, 0) is 28.6 Å². The van der Waals surface area contributed by atoms with E-state index in [2.05, 4.69) is 32.9 Å². The van der Waals surface area contributed by atoms with Crippen molar-refractivity contribution >= 4 is 17.9 Å². The standard InChI is InChI=1S/C75H144O6/c1-4-7-10-13-16-19-22-24-26-28-30-32-34-36-37-39-40-42-44-46-48-50-53-56-59-62-65-68-74(77)80-71-72(70-79-73(76)67-64-61-58-55-52-21-18-15-12-9-6-3)81-75(78)69-66-63-60-57-54-51-49-47-45-43-41-38-35-33-31-29-27-25-23-20-17-14-11-8-5-2/h28,30,72H,4-27,29,31-71H2,1-3H3/b30-28-. The summed E-state index contributed by atoms with van der Waals surface area (Å²) >= 11 is 0. The van der Waals surface area contributed by atoms with Crippen molar-refractivity contribution in [1.82, 2.24) is 0 Å². The maximum absolute atomic E-state index is 13.0. The fourth-order valence-electron chi connectivity index (χ4n) is 11.7. The van der Waals surface area contributed by atoms with Crippen molar-refractivity contribution in [2.24, 2.45) is 0 Å². The fraction of sp³-hybridized carbons (Fsp3) is 0.933. The molecule has 0 heterocycles. The van der Waals surface area contributed by atoms with Crippen LogP contribution in [0.2, 0.25) is 0 Å². The number of ether oxygens (including phenoxy) is 3. The van der Waals surface area contributed by atoms with Crippen LogP contribution in [0.25, 0.3) is 0 Å². The molecular weight excluding hydrogens is 997 g/mol. The lowest BCUT2D eigenvalue weighted by Crippen LogP contribution is -2.30. The molecule has 0 aliphatic heterocycles. The number of carbonyl (C=O) groups is 3. The molecule has 81 heavy (non-hydrogen) atoms. The van der Waals surface area contributed by atoms with Gasteiger partial charge in [-0.3, -0.25) is 14.4 Å². The Hall–Kier alpha value is -1.85.